The second kappa shape index (κ2) is 22.0. The monoisotopic (exact) mass is 893 g/mol. The van der Waals surface area contributed by atoms with Gasteiger partial charge in [-0.1, -0.05) is 55.4 Å². The summed E-state index contributed by atoms with van der Waals surface area (Å²) in [5.74, 6) is -0.574. The van der Waals surface area contributed by atoms with Crippen LogP contribution in [0.3, 0.4) is 0 Å². The van der Waals surface area contributed by atoms with Crippen molar-refractivity contribution in [1.82, 2.24) is 40.3 Å². The van der Waals surface area contributed by atoms with Gasteiger partial charge in [0.15, 0.2) is 5.82 Å². The summed E-state index contributed by atoms with van der Waals surface area (Å²) in [7, 11) is 0. The molecule has 5 heterocycles. The second-order valence-electron chi connectivity index (χ2n) is 16.0. The van der Waals surface area contributed by atoms with Crippen LogP contribution in [0.25, 0.3) is 32.8 Å². The van der Waals surface area contributed by atoms with Crippen molar-refractivity contribution in [3.8, 4) is 38.6 Å². The molecule has 338 valence electrons. The highest BCUT2D eigenvalue weighted by Crippen LogP contribution is 2.33. The number of phenols is 1. The number of hydrogen-bond donors (Lipinski definition) is 4. The van der Waals surface area contributed by atoms with Crippen molar-refractivity contribution in [1.29, 1.82) is 0 Å². The minimum absolute atomic E-state index is 0.0691. The third-order valence-electron chi connectivity index (χ3n) is 11.0. The number of nitrogens with two attached hydrogens (primary N) is 1. The molecule has 4 aromatic heterocycles. The molecule has 0 saturated carbocycles. The summed E-state index contributed by atoms with van der Waals surface area (Å²) in [5, 5.41) is 40.6. The number of aryl methyl sites for hydroxylation is 2. The molecule has 0 bridgehead atoms. The number of aromatic nitrogens is 6. The molecule has 0 spiro atoms. The van der Waals surface area contributed by atoms with Crippen molar-refractivity contribution in [2.45, 2.75) is 71.2 Å². The number of aliphatic hydroxyl groups is 1. The van der Waals surface area contributed by atoms with Crippen LogP contribution in [0.4, 0.5) is 5.82 Å². The highest BCUT2D eigenvalue weighted by atomic mass is 32.1. The van der Waals surface area contributed by atoms with Crippen molar-refractivity contribution in [2.75, 3.05) is 51.9 Å². The Hall–Kier alpha value is -6.05. The molecule has 1 aliphatic rings. The summed E-state index contributed by atoms with van der Waals surface area (Å²) >= 11 is 1.59. The van der Waals surface area contributed by atoms with E-state index in [1.165, 1.54) is 4.90 Å². The molecule has 3 atom stereocenters. The topological polar surface area (TPSA) is 226 Å². The smallest absolute Gasteiger partial charge is 0.243 e. The van der Waals surface area contributed by atoms with Crippen LogP contribution < -0.4 is 11.1 Å². The third kappa shape index (κ3) is 11.7. The summed E-state index contributed by atoms with van der Waals surface area (Å²) in [6.07, 6.45) is 4.21. The predicted octanol–water partition coefficient (Wildman–Crippen LogP) is 5.42. The maximum absolute atomic E-state index is 14.0. The van der Waals surface area contributed by atoms with Gasteiger partial charge in [-0.25, -0.2) is 4.98 Å². The lowest BCUT2D eigenvalue weighted by Crippen LogP contribution is -2.48. The number of nitrogen functional groups attached to an aromatic ring is 1. The Labute approximate surface area is 375 Å². The molecule has 1 aliphatic heterocycles. The molecule has 1 fully saturated rings. The lowest BCUT2D eigenvalue weighted by atomic mass is 9.91. The number of amides is 2. The number of carbonyl (C=O) groups excluding carboxylic acids is 2. The molecule has 64 heavy (non-hydrogen) atoms. The number of ether oxygens (including phenoxy) is 3. The number of nitrogens with zero attached hydrogens (tertiary/aromatic N) is 7. The fourth-order valence-corrected chi connectivity index (χ4v) is 8.42. The zero-order valence-electron chi connectivity index (χ0n) is 36.3. The number of rotatable bonds is 22. The lowest BCUT2D eigenvalue weighted by Gasteiger charge is -2.28. The number of carbonyl (C=O) groups is 2. The maximum atomic E-state index is 14.0. The van der Waals surface area contributed by atoms with Gasteiger partial charge in [0.1, 0.15) is 23.5 Å². The average Bonchev–Trinajstić information content (AvgIpc) is 4.12. The zero-order chi connectivity index (χ0) is 45.0. The molecule has 1 saturated heterocycles. The molecule has 0 unspecified atom stereocenters. The van der Waals surface area contributed by atoms with Crippen LogP contribution in [0.15, 0.2) is 83.1 Å². The van der Waals surface area contributed by atoms with Gasteiger partial charge >= 0.3 is 0 Å². The first-order valence-electron chi connectivity index (χ1n) is 21.4. The summed E-state index contributed by atoms with van der Waals surface area (Å²) in [5.41, 5.74) is 14.1. The number of phenolic OH excluding ortho intramolecular Hbond substituents is 1. The summed E-state index contributed by atoms with van der Waals surface area (Å²) in [6, 6.07) is 17.7. The van der Waals surface area contributed by atoms with E-state index in [-0.39, 0.29) is 42.3 Å². The van der Waals surface area contributed by atoms with Gasteiger partial charge in [0.05, 0.1) is 79.3 Å². The van der Waals surface area contributed by atoms with E-state index in [0.29, 0.717) is 93.8 Å². The van der Waals surface area contributed by atoms with Crippen molar-refractivity contribution in [3.63, 3.8) is 0 Å². The Kier molecular flexibility index (Phi) is 15.8. The Balaban J connectivity index is 0.770. The van der Waals surface area contributed by atoms with Crippen molar-refractivity contribution < 1.29 is 38.5 Å². The van der Waals surface area contributed by atoms with Crippen LogP contribution in [0.5, 0.6) is 5.75 Å². The zero-order valence-corrected chi connectivity index (χ0v) is 37.1. The van der Waals surface area contributed by atoms with E-state index in [2.05, 4.69) is 30.8 Å². The Bertz CT molecular complexity index is 2450. The first kappa shape index (κ1) is 46.0. The summed E-state index contributed by atoms with van der Waals surface area (Å²) in [6.45, 7) is 9.36. The van der Waals surface area contributed by atoms with E-state index in [4.69, 9.17) is 24.5 Å². The number of β-amino-alcohol motifs (C(OH)–C–C–N with tert-alkyl or cyclic N) is 1. The number of likely N-dealkylation sites (tertiary alicyclic amines) is 1. The van der Waals surface area contributed by atoms with Crippen LogP contribution >= 0.6 is 11.3 Å². The van der Waals surface area contributed by atoms with Gasteiger partial charge in [-0.2, -0.15) is 5.10 Å². The number of aliphatic hydroxyl groups excluding tert-OH is 1. The number of hydrogen-bond acceptors (Lipinski definition) is 15. The number of thiazole rings is 1. The quantitative estimate of drug-likeness (QED) is 0.0625. The van der Waals surface area contributed by atoms with Crippen LogP contribution in [0, 0.1) is 12.8 Å². The SMILES string of the molecule is Cc1ncsc1-c1ccc(CNC(=O)[C@@H]2C[C@@H](O)CN2C(=O)[C@H](c2cc(CCCOCCOCCOCCn3cc(-c4cc(-c5ccccc5O)nnc4N)cn3)no2)C(C)C)cc1. The minimum atomic E-state index is -0.806. The number of benzene rings is 2. The highest BCUT2D eigenvalue weighted by molar-refractivity contribution is 7.13. The molecule has 2 aromatic carbocycles. The van der Waals surface area contributed by atoms with E-state index in [1.807, 2.05) is 62.8 Å². The molecule has 18 heteroatoms. The van der Waals surface area contributed by atoms with Crippen molar-refractivity contribution >= 4 is 29.0 Å². The van der Waals surface area contributed by atoms with Gasteiger partial charge in [-0.15, -0.1) is 21.5 Å². The fraction of sp³-hybridized carbons (Fsp3) is 0.413. The minimum Gasteiger partial charge on any atom is -0.507 e. The molecule has 7 rings (SSSR count). The van der Waals surface area contributed by atoms with E-state index in [9.17, 15) is 19.8 Å². The molecule has 0 radical (unpaired) electrons. The van der Waals surface area contributed by atoms with Crippen LogP contribution in [0.1, 0.15) is 55.3 Å². The number of aromatic hydroxyl groups is 1. The third-order valence-corrected chi connectivity index (χ3v) is 12.0. The normalized spacial score (nSPS) is 15.5. The Morgan fingerprint density at radius 2 is 1.72 bits per heavy atom. The largest absolute Gasteiger partial charge is 0.507 e. The first-order valence-corrected chi connectivity index (χ1v) is 22.3. The number of para-hydroxylation sites is 1. The molecule has 6 aromatic rings. The molecule has 17 nitrogen and oxygen atoms in total. The standard InChI is InChI=1S/C46H55N9O8S/c1-29(2)42(46(59)55-27-35(56)22-39(55)45(58)48-24-31-10-12-32(13-11-31)43-30(3)49-28-64-43)41-21-34(53-63-41)7-6-15-60-17-19-62-20-18-61-16-14-54-26-33(25-50-54)37-23-38(51-52-44(37)47)36-8-4-5-9-40(36)57/h4-5,8-13,21,23,25-26,28-29,35,39,42,56-57H,6-7,14-20,22,24,27H2,1-3H3,(H2,47,52)(H,48,58)/t35-,39+,42+/m1/s1. The second-order valence-corrected chi connectivity index (χ2v) is 16.9. The first-order chi connectivity index (χ1) is 31.0. The summed E-state index contributed by atoms with van der Waals surface area (Å²) < 4.78 is 24.6. The Morgan fingerprint density at radius 3 is 2.45 bits per heavy atom. The summed E-state index contributed by atoms with van der Waals surface area (Å²) in [4.78, 5) is 34.4. The van der Waals surface area contributed by atoms with Gasteiger partial charge < -0.3 is 44.9 Å². The van der Waals surface area contributed by atoms with Gasteiger partial charge in [-0.05, 0) is 55.0 Å². The van der Waals surface area contributed by atoms with E-state index < -0.39 is 18.1 Å². The van der Waals surface area contributed by atoms with Gasteiger partial charge in [0.2, 0.25) is 11.8 Å². The maximum Gasteiger partial charge on any atom is 0.243 e. The highest BCUT2D eigenvalue weighted by Gasteiger charge is 2.43. The number of nitrogens with one attached hydrogen (secondary N) is 1. The molecule has 2 amide bonds. The molecule has 5 N–H and O–H groups in total. The van der Waals surface area contributed by atoms with E-state index in [1.54, 1.807) is 52.5 Å². The average molecular weight is 894 g/mol. The molecular weight excluding hydrogens is 839 g/mol. The van der Waals surface area contributed by atoms with Crippen molar-refractivity contribution in [2.24, 2.45) is 5.92 Å². The molecular formula is C46H55N9O8S. The van der Waals surface area contributed by atoms with Gasteiger partial charge in [0, 0.05) is 55.1 Å². The van der Waals surface area contributed by atoms with Crippen molar-refractivity contribution in [3.05, 3.63) is 101 Å². The fourth-order valence-electron chi connectivity index (χ4n) is 7.61. The Morgan fingerprint density at radius 1 is 0.969 bits per heavy atom. The lowest BCUT2D eigenvalue weighted by molar-refractivity contribution is -0.141. The number of anilines is 1. The van der Waals surface area contributed by atoms with Crippen LogP contribution in [0.2, 0.25) is 0 Å². The van der Waals surface area contributed by atoms with Crippen LogP contribution in [-0.2, 0) is 43.3 Å². The molecule has 0 aliphatic carbocycles. The van der Waals surface area contributed by atoms with Gasteiger partial charge in [-0.3, -0.25) is 14.3 Å². The predicted molar refractivity (Wildman–Crippen MR) is 240 cm³/mol. The van der Waals surface area contributed by atoms with E-state index >= 15 is 0 Å². The van der Waals surface area contributed by atoms with Gasteiger partial charge in [0.25, 0.3) is 0 Å². The van der Waals surface area contributed by atoms with E-state index in [0.717, 1.165) is 27.3 Å². The van der Waals surface area contributed by atoms with Crippen LogP contribution in [-0.4, -0.2) is 115 Å².